The van der Waals surface area contributed by atoms with Gasteiger partial charge in [-0.3, -0.25) is 9.48 Å². The molecule has 0 unspecified atom stereocenters. The minimum atomic E-state index is -4.26. The van der Waals surface area contributed by atoms with Gasteiger partial charge in [0.15, 0.2) is 0 Å². The molecule has 136 valence electrons. The molecule has 1 aromatic carbocycles. The molecular formula is C16H15FN4O4S. The first kappa shape index (κ1) is 17.8. The molecule has 0 aliphatic rings. The molecule has 0 aliphatic carbocycles. The van der Waals surface area contributed by atoms with Gasteiger partial charge in [-0.2, -0.15) is 5.10 Å². The zero-order chi connectivity index (χ0) is 19.1. The molecule has 0 spiro atoms. The van der Waals surface area contributed by atoms with Crippen molar-refractivity contribution in [3.63, 3.8) is 0 Å². The zero-order valence-corrected chi connectivity index (χ0v) is 15.0. The molecule has 0 bridgehead atoms. The molecular weight excluding hydrogens is 363 g/mol. The van der Waals surface area contributed by atoms with Crippen molar-refractivity contribution in [1.29, 1.82) is 0 Å². The van der Waals surface area contributed by atoms with E-state index in [4.69, 9.17) is 4.42 Å². The van der Waals surface area contributed by atoms with Crippen LogP contribution in [0.25, 0.3) is 11.5 Å². The predicted octanol–water partition coefficient (Wildman–Crippen LogP) is 1.95. The Balaban J connectivity index is 1.89. The smallest absolute Gasteiger partial charge is 0.302 e. The summed E-state index contributed by atoms with van der Waals surface area (Å²) >= 11 is 0. The third-order valence-corrected chi connectivity index (χ3v) is 4.82. The number of halogens is 1. The van der Waals surface area contributed by atoms with Crippen LogP contribution in [0.5, 0.6) is 0 Å². The number of aromatic nitrogens is 3. The number of benzene rings is 1. The van der Waals surface area contributed by atoms with E-state index in [2.05, 4.69) is 10.1 Å². The van der Waals surface area contributed by atoms with Gasteiger partial charge in [0.05, 0.1) is 22.3 Å². The molecule has 10 heteroatoms. The molecule has 0 saturated heterocycles. The second-order valence-corrected chi connectivity index (χ2v) is 7.42. The Morgan fingerprint density at radius 2 is 2.00 bits per heavy atom. The number of hydrogen-bond donors (Lipinski definition) is 1. The van der Waals surface area contributed by atoms with Gasteiger partial charge >= 0.3 is 5.91 Å². The Kier molecular flexibility index (Phi) is 4.36. The molecule has 0 radical (unpaired) electrons. The van der Waals surface area contributed by atoms with Crippen molar-refractivity contribution in [3.05, 3.63) is 53.4 Å². The summed E-state index contributed by atoms with van der Waals surface area (Å²) in [6, 6.07) is 3.27. The monoisotopic (exact) mass is 378 g/mol. The quantitative estimate of drug-likeness (QED) is 0.744. The van der Waals surface area contributed by atoms with Crippen molar-refractivity contribution < 1.29 is 22.0 Å². The Morgan fingerprint density at radius 1 is 1.27 bits per heavy atom. The molecule has 8 nitrogen and oxygen atoms in total. The second kappa shape index (κ2) is 6.37. The molecule has 26 heavy (non-hydrogen) atoms. The van der Waals surface area contributed by atoms with Crippen LogP contribution >= 0.6 is 0 Å². The summed E-state index contributed by atoms with van der Waals surface area (Å²) in [5.41, 5.74) is 1.16. The lowest BCUT2D eigenvalue weighted by Gasteiger charge is -2.07. The lowest BCUT2D eigenvalue weighted by atomic mass is 10.2. The minimum Gasteiger partial charge on any atom is -0.430 e. The van der Waals surface area contributed by atoms with E-state index < -0.39 is 21.7 Å². The van der Waals surface area contributed by atoms with Gasteiger partial charge in [0.2, 0.25) is 11.7 Å². The molecule has 0 aliphatic heterocycles. The van der Waals surface area contributed by atoms with E-state index in [0.29, 0.717) is 11.1 Å². The first-order valence-electron chi connectivity index (χ1n) is 7.46. The third kappa shape index (κ3) is 3.49. The highest BCUT2D eigenvalue weighted by atomic mass is 32.2. The molecule has 3 rings (SSSR count). The van der Waals surface area contributed by atoms with Crippen molar-refractivity contribution >= 4 is 15.9 Å². The van der Waals surface area contributed by atoms with Gasteiger partial charge in [-0.25, -0.2) is 22.5 Å². The van der Waals surface area contributed by atoms with Gasteiger partial charge in [-0.15, -0.1) is 0 Å². The van der Waals surface area contributed by atoms with E-state index in [-0.39, 0.29) is 22.2 Å². The number of amides is 1. The predicted molar refractivity (Wildman–Crippen MR) is 89.2 cm³/mol. The van der Waals surface area contributed by atoms with Crippen LogP contribution in [0.15, 0.2) is 39.9 Å². The summed E-state index contributed by atoms with van der Waals surface area (Å²) in [5.74, 6) is -1.82. The number of nitrogens with zero attached hydrogens (tertiary/aromatic N) is 3. The molecule has 0 atom stereocenters. The number of rotatable bonds is 4. The Labute approximate surface area is 148 Å². The Hall–Kier alpha value is -3.01. The van der Waals surface area contributed by atoms with E-state index in [9.17, 15) is 17.6 Å². The molecule has 1 N–H and O–H groups in total. The normalized spacial score (nSPS) is 11.5. The number of oxazole rings is 1. The van der Waals surface area contributed by atoms with Crippen LogP contribution in [-0.2, 0) is 17.1 Å². The fraction of sp³-hybridized carbons (Fsp3) is 0.188. The van der Waals surface area contributed by atoms with Gasteiger partial charge in [-0.1, -0.05) is 0 Å². The summed E-state index contributed by atoms with van der Waals surface area (Å²) in [6.07, 6.45) is 3.14. The maximum atomic E-state index is 13.5. The van der Waals surface area contributed by atoms with E-state index >= 15 is 0 Å². The van der Waals surface area contributed by atoms with Crippen LogP contribution in [0.2, 0.25) is 0 Å². The summed E-state index contributed by atoms with van der Waals surface area (Å²) in [6.45, 7) is 3.06. The van der Waals surface area contributed by atoms with Crippen molar-refractivity contribution in [2.75, 3.05) is 0 Å². The number of carbonyl (C=O) groups is 1. The maximum absolute atomic E-state index is 13.5. The largest absolute Gasteiger partial charge is 0.430 e. The minimum absolute atomic E-state index is 0.139. The first-order valence-corrected chi connectivity index (χ1v) is 8.95. The van der Waals surface area contributed by atoms with E-state index in [1.807, 2.05) is 4.72 Å². The molecule has 0 fully saturated rings. The average molecular weight is 378 g/mol. The van der Waals surface area contributed by atoms with Crippen molar-refractivity contribution in [2.24, 2.45) is 7.05 Å². The Morgan fingerprint density at radius 3 is 2.62 bits per heavy atom. The van der Waals surface area contributed by atoms with Crippen molar-refractivity contribution in [2.45, 2.75) is 18.7 Å². The highest BCUT2D eigenvalue weighted by molar-refractivity contribution is 7.90. The molecule has 2 heterocycles. The second-order valence-electron chi connectivity index (χ2n) is 5.74. The van der Waals surface area contributed by atoms with E-state index in [1.165, 1.54) is 29.9 Å². The topological polar surface area (TPSA) is 107 Å². The fourth-order valence-corrected chi connectivity index (χ4v) is 3.41. The van der Waals surface area contributed by atoms with E-state index in [1.54, 1.807) is 20.2 Å². The SMILES string of the molecule is Cc1cc(F)cc(S(=O)(=O)NC(=O)c2oc(-c3cnn(C)c3)nc2C)c1. The van der Waals surface area contributed by atoms with Gasteiger partial charge in [0, 0.05) is 13.2 Å². The van der Waals surface area contributed by atoms with Gasteiger partial charge in [0.25, 0.3) is 10.0 Å². The number of aryl methyl sites for hydroxylation is 3. The molecule has 1 amide bonds. The fourth-order valence-electron chi connectivity index (χ4n) is 2.35. The number of nitrogens with one attached hydrogen (secondary N) is 1. The van der Waals surface area contributed by atoms with Gasteiger partial charge < -0.3 is 4.42 Å². The van der Waals surface area contributed by atoms with Gasteiger partial charge in [-0.05, 0) is 37.6 Å². The highest BCUT2D eigenvalue weighted by Gasteiger charge is 2.25. The molecule has 0 saturated carbocycles. The van der Waals surface area contributed by atoms with E-state index in [0.717, 1.165) is 6.07 Å². The maximum Gasteiger partial charge on any atom is 0.302 e. The van der Waals surface area contributed by atoms with Crippen LogP contribution in [0, 0.1) is 19.7 Å². The zero-order valence-electron chi connectivity index (χ0n) is 14.1. The summed E-state index contributed by atoms with van der Waals surface area (Å²) < 4.78 is 46.9. The highest BCUT2D eigenvalue weighted by Crippen LogP contribution is 2.22. The first-order chi connectivity index (χ1) is 12.2. The summed E-state index contributed by atoms with van der Waals surface area (Å²) in [4.78, 5) is 16.1. The number of hydrogen-bond acceptors (Lipinski definition) is 6. The molecule has 3 aromatic rings. The lowest BCUT2D eigenvalue weighted by molar-refractivity contribution is 0.0954. The summed E-state index contributed by atoms with van der Waals surface area (Å²) in [7, 11) is -2.56. The third-order valence-electron chi connectivity index (χ3n) is 3.51. The lowest BCUT2D eigenvalue weighted by Crippen LogP contribution is -2.30. The van der Waals surface area contributed by atoms with Crippen LogP contribution < -0.4 is 4.72 Å². The molecule has 2 aromatic heterocycles. The van der Waals surface area contributed by atoms with Crippen LogP contribution in [-0.4, -0.2) is 29.1 Å². The van der Waals surface area contributed by atoms with Crippen molar-refractivity contribution in [3.8, 4) is 11.5 Å². The Bertz CT molecular complexity index is 1080. The average Bonchev–Trinajstić information content (AvgIpc) is 3.11. The van der Waals surface area contributed by atoms with Crippen LogP contribution in [0.3, 0.4) is 0 Å². The van der Waals surface area contributed by atoms with Crippen molar-refractivity contribution in [1.82, 2.24) is 19.5 Å². The van der Waals surface area contributed by atoms with Gasteiger partial charge in [0.1, 0.15) is 5.82 Å². The van der Waals surface area contributed by atoms with Crippen LogP contribution in [0.1, 0.15) is 21.8 Å². The number of sulfonamides is 1. The number of carbonyl (C=O) groups excluding carboxylic acids is 1. The summed E-state index contributed by atoms with van der Waals surface area (Å²) in [5, 5.41) is 3.98. The van der Waals surface area contributed by atoms with Crippen LogP contribution in [0.4, 0.5) is 4.39 Å². The standard InChI is InChI=1S/C16H15FN4O4S/c1-9-4-12(17)6-13(5-9)26(23,24)20-15(22)14-10(2)19-16(25-14)11-7-18-21(3)8-11/h4-8H,1-3H3,(H,20,22).